The summed E-state index contributed by atoms with van der Waals surface area (Å²) in [5.41, 5.74) is 2.44. The molecule has 5 heteroatoms. The quantitative estimate of drug-likeness (QED) is 0.568. The molecular formula is C22H17N3O2. The number of hydrogen-bond donors (Lipinski definition) is 1. The van der Waals surface area contributed by atoms with Gasteiger partial charge in [0.1, 0.15) is 17.3 Å². The van der Waals surface area contributed by atoms with Crippen molar-refractivity contribution in [2.24, 2.45) is 0 Å². The predicted molar refractivity (Wildman–Crippen MR) is 105 cm³/mol. The normalized spacial score (nSPS) is 10.5. The molecule has 1 N–H and O–H groups in total. The number of hydrogen-bond acceptors (Lipinski definition) is 4. The van der Waals surface area contributed by atoms with Gasteiger partial charge in [0.25, 0.3) is 0 Å². The zero-order valence-electron chi connectivity index (χ0n) is 14.5. The Morgan fingerprint density at radius 3 is 2.41 bits per heavy atom. The lowest BCUT2D eigenvalue weighted by atomic mass is 10.1. The summed E-state index contributed by atoms with van der Waals surface area (Å²) in [7, 11) is 0. The molecule has 132 valence electrons. The lowest BCUT2D eigenvalue weighted by molar-refractivity contribution is -0.115. The van der Waals surface area contributed by atoms with Crippen LogP contribution in [0.2, 0.25) is 0 Å². The molecule has 0 atom stereocenters. The van der Waals surface area contributed by atoms with Crippen LogP contribution in [0.3, 0.4) is 0 Å². The molecule has 2 aromatic heterocycles. The number of amides is 1. The Kier molecular flexibility index (Phi) is 4.74. The first-order chi connectivity index (χ1) is 13.3. The number of para-hydroxylation sites is 1. The second kappa shape index (κ2) is 7.66. The van der Waals surface area contributed by atoms with E-state index >= 15 is 0 Å². The number of nitrogens with one attached hydrogen (secondary N) is 1. The zero-order valence-corrected chi connectivity index (χ0v) is 14.5. The fourth-order valence-electron chi connectivity index (χ4n) is 2.70. The van der Waals surface area contributed by atoms with Crippen LogP contribution in [0.4, 0.5) is 5.82 Å². The van der Waals surface area contributed by atoms with Gasteiger partial charge in [-0.2, -0.15) is 0 Å². The minimum absolute atomic E-state index is 0.123. The molecule has 0 saturated heterocycles. The molecule has 1 amide bonds. The van der Waals surface area contributed by atoms with E-state index < -0.39 is 0 Å². The Balaban J connectivity index is 1.38. The summed E-state index contributed by atoms with van der Waals surface area (Å²) in [5, 5.41) is 2.83. The summed E-state index contributed by atoms with van der Waals surface area (Å²) in [6.45, 7) is 0. The topological polar surface area (TPSA) is 64.1 Å². The number of aromatic nitrogens is 2. The molecule has 2 heterocycles. The SMILES string of the molecule is O=C(Cc1ccc(Oc2ccccc2)cc1)Nc1ccc2ncccc2n1. The summed E-state index contributed by atoms with van der Waals surface area (Å²) in [4.78, 5) is 20.9. The van der Waals surface area contributed by atoms with Gasteiger partial charge in [0.15, 0.2) is 0 Å². The number of anilines is 1. The first-order valence-electron chi connectivity index (χ1n) is 8.60. The van der Waals surface area contributed by atoms with Gasteiger partial charge < -0.3 is 10.1 Å². The predicted octanol–water partition coefficient (Wildman–Crippen LogP) is 4.60. The summed E-state index contributed by atoms with van der Waals surface area (Å²) >= 11 is 0. The molecule has 2 aromatic carbocycles. The highest BCUT2D eigenvalue weighted by atomic mass is 16.5. The minimum Gasteiger partial charge on any atom is -0.457 e. The summed E-state index contributed by atoms with van der Waals surface area (Å²) in [5.74, 6) is 1.90. The van der Waals surface area contributed by atoms with E-state index in [2.05, 4.69) is 15.3 Å². The number of rotatable bonds is 5. The molecule has 0 spiro atoms. The molecule has 0 bridgehead atoms. The molecule has 0 aliphatic carbocycles. The number of ether oxygens (including phenoxy) is 1. The van der Waals surface area contributed by atoms with Crippen molar-refractivity contribution in [2.45, 2.75) is 6.42 Å². The first-order valence-corrected chi connectivity index (χ1v) is 8.60. The van der Waals surface area contributed by atoms with Crippen LogP contribution in [0, 0.1) is 0 Å². The van der Waals surface area contributed by atoms with Crippen LogP contribution in [0.5, 0.6) is 11.5 Å². The van der Waals surface area contributed by atoms with Gasteiger partial charge in [0.2, 0.25) is 5.91 Å². The lowest BCUT2D eigenvalue weighted by Gasteiger charge is -2.08. The van der Waals surface area contributed by atoms with Crippen molar-refractivity contribution in [3.8, 4) is 11.5 Å². The summed E-state index contributed by atoms with van der Waals surface area (Å²) in [6, 6.07) is 24.3. The van der Waals surface area contributed by atoms with Crippen LogP contribution in [-0.4, -0.2) is 15.9 Å². The van der Waals surface area contributed by atoms with Gasteiger partial charge in [-0.15, -0.1) is 0 Å². The van der Waals surface area contributed by atoms with Gasteiger partial charge >= 0.3 is 0 Å². The number of carbonyl (C=O) groups is 1. The smallest absolute Gasteiger partial charge is 0.229 e. The van der Waals surface area contributed by atoms with Crippen molar-refractivity contribution in [3.63, 3.8) is 0 Å². The summed E-state index contributed by atoms with van der Waals surface area (Å²) in [6.07, 6.45) is 1.98. The number of benzene rings is 2. The van der Waals surface area contributed by atoms with Gasteiger partial charge in [-0.25, -0.2) is 4.98 Å². The van der Waals surface area contributed by atoms with Crippen LogP contribution in [0.1, 0.15) is 5.56 Å². The maximum absolute atomic E-state index is 12.3. The number of pyridine rings is 2. The van der Waals surface area contributed by atoms with Crippen molar-refractivity contribution >= 4 is 22.8 Å². The fraction of sp³-hybridized carbons (Fsp3) is 0.0455. The van der Waals surface area contributed by atoms with Gasteiger partial charge in [0, 0.05) is 6.20 Å². The van der Waals surface area contributed by atoms with Crippen LogP contribution < -0.4 is 10.1 Å². The molecule has 4 aromatic rings. The third-order valence-electron chi connectivity index (χ3n) is 3.99. The number of carbonyl (C=O) groups excluding carboxylic acids is 1. The van der Waals surface area contributed by atoms with Crippen molar-refractivity contribution in [1.29, 1.82) is 0 Å². The molecule has 0 aliphatic heterocycles. The van der Waals surface area contributed by atoms with Crippen molar-refractivity contribution < 1.29 is 9.53 Å². The Bertz CT molecular complexity index is 1060. The molecule has 0 radical (unpaired) electrons. The van der Waals surface area contributed by atoms with Crippen molar-refractivity contribution in [1.82, 2.24) is 9.97 Å². The monoisotopic (exact) mass is 355 g/mol. The lowest BCUT2D eigenvalue weighted by Crippen LogP contribution is -2.15. The maximum Gasteiger partial charge on any atom is 0.229 e. The molecule has 5 nitrogen and oxygen atoms in total. The van der Waals surface area contributed by atoms with E-state index in [0.717, 1.165) is 28.1 Å². The Morgan fingerprint density at radius 1 is 0.815 bits per heavy atom. The average molecular weight is 355 g/mol. The molecular weight excluding hydrogens is 338 g/mol. The highest BCUT2D eigenvalue weighted by molar-refractivity contribution is 5.92. The second-order valence-corrected chi connectivity index (χ2v) is 6.02. The van der Waals surface area contributed by atoms with Gasteiger partial charge in [-0.05, 0) is 54.1 Å². The summed E-state index contributed by atoms with van der Waals surface area (Å²) < 4.78 is 5.76. The van der Waals surface area contributed by atoms with Crippen LogP contribution in [0.15, 0.2) is 85.1 Å². The van der Waals surface area contributed by atoms with E-state index in [4.69, 9.17) is 4.74 Å². The van der Waals surface area contributed by atoms with Crippen molar-refractivity contribution in [2.75, 3.05) is 5.32 Å². The van der Waals surface area contributed by atoms with Crippen LogP contribution in [0.25, 0.3) is 11.0 Å². The average Bonchev–Trinajstić information content (AvgIpc) is 2.70. The van der Waals surface area contributed by atoms with E-state index in [1.807, 2.05) is 72.8 Å². The molecule has 0 saturated carbocycles. The zero-order chi connectivity index (χ0) is 18.5. The van der Waals surface area contributed by atoms with E-state index in [9.17, 15) is 4.79 Å². The van der Waals surface area contributed by atoms with E-state index in [-0.39, 0.29) is 12.3 Å². The number of fused-ring (bicyclic) bond motifs is 1. The molecule has 27 heavy (non-hydrogen) atoms. The highest BCUT2D eigenvalue weighted by Crippen LogP contribution is 2.21. The minimum atomic E-state index is -0.123. The van der Waals surface area contributed by atoms with Gasteiger partial charge in [0.05, 0.1) is 17.5 Å². The first kappa shape index (κ1) is 16.7. The maximum atomic E-state index is 12.3. The third-order valence-corrected chi connectivity index (χ3v) is 3.99. The largest absolute Gasteiger partial charge is 0.457 e. The molecule has 4 rings (SSSR count). The van der Waals surface area contributed by atoms with Crippen molar-refractivity contribution in [3.05, 3.63) is 90.6 Å². The van der Waals surface area contributed by atoms with Gasteiger partial charge in [-0.1, -0.05) is 30.3 Å². The van der Waals surface area contributed by atoms with Crippen LogP contribution in [-0.2, 0) is 11.2 Å². The van der Waals surface area contributed by atoms with Gasteiger partial charge in [-0.3, -0.25) is 9.78 Å². The molecule has 0 aliphatic rings. The fourth-order valence-corrected chi connectivity index (χ4v) is 2.70. The Hall–Kier alpha value is -3.73. The van der Waals surface area contributed by atoms with E-state index in [0.29, 0.717) is 5.82 Å². The standard InChI is InChI=1S/C22H17N3O2/c26-22(25-21-13-12-19-20(24-21)7-4-14-23-19)15-16-8-10-18(11-9-16)27-17-5-2-1-3-6-17/h1-14H,15H2,(H,24,25,26). The molecule has 0 fully saturated rings. The third kappa shape index (κ3) is 4.27. The van der Waals surface area contributed by atoms with E-state index in [1.54, 1.807) is 12.3 Å². The highest BCUT2D eigenvalue weighted by Gasteiger charge is 2.07. The van der Waals surface area contributed by atoms with Crippen LogP contribution >= 0.6 is 0 Å². The van der Waals surface area contributed by atoms with E-state index in [1.165, 1.54) is 0 Å². The molecule has 0 unspecified atom stereocenters. The Labute approximate surface area is 156 Å². The second-order valence-electron chi connectivity index (χ2n) is 6.02. The Morgan fingerprint density at radius 2 is 1.59 bits per heavy atom. The number of nitrogens with zero attached hydrogens (tertiary/aromatic N) is 2.